The molecule has 0 atom stereocenters. The van der Waals surface area contributed by atoms with E-state index in [2.05, 4.69) is 20.9 Å². The molecule has 5 nitrogen and oxygen atoms in total. The van der Waals surface area contributed by atoms with Gasteiger partial charge in [-0.2, -0.15) is 0 Å². The molecule has 2 aliphatic rings. The first-order chi connectivity index (χ1) is 10.7. The zero-order valence-corrected chi connectivity index (χ0v) is 13.8. The van der Waals surface area contributed by atoms with Crippen molar-refractivity contribution in [3.8, 4) is 0 Å². The molecule has 1 aromatic heterocycles. The standard InChI is InChI=1S/C15H11BrN2O3S/c16-10-2-1-3-11-9(10)4-5-18(11)14(19)13-17-8-12(22-13)15-20-6-7-21-15/h1-3,6-8,15H,4-5H2. The number of halogens is 1. The number of ether oxygens (including phenoxy) is 2. The molecule has 1 amide bonds. The van der Waals surface area contributed by atoms with Crippen LogP contribution in [0.4, 0.5) is 5.69 Å². The van der Waals surface area contributed by atoms with Crippen LogP contribution >= 0.6 is 27.3 Å². The number of carbonyl (C=O) groups excluding carboxylic acids is 1. The molecule has 0 N–H and O–H groups in total. The SMILES string of the molecule is O=C(c1ncc(C2OC=CO2)s1)N1CCc2c(Br)cccc21. The average Bonchev–Trinajstić information content (AvgIpc) is 3.26. The zero-order valence-electron chi connectivity index (χ0n) is 11.4. The van der Waals surface area contributed by atoms with E-state index in [1.54, 1.807) is 11.1 Å². The molecular formula is C15H11BrN2O3S. The van der Waals surface area contributed by atoms with E-state index in [4.69, 9.17) is 9.47 Å². The van der Waals surface area contributed by atoms with E-state index in [-0.39, 0.29) is 5.91 Å². The Balaban J connectivity index is 1.60. The Morgan fingerprint density at radius 2 is 2.18 bits per heavy atom. The maximum Gasteiger partial charge on any atom is 0.287 e. The number of hydrogen-bond donors (Lipinski definition) is 0. The van der Waals surface area contributed by atoms with Crippen molar-refractivity contribution in [3.05, 3.63) is 56.8 Å². The Kier molecular flexibility index (Phi) is 3.38. The Labute approximate surface area is 139 Å². The number of aromatic nitrogens is 1. The van der Waals surface area contributed by atoms with E-state index in [9.17, 15) is 4.79 Å². The van der Waals surface area contributed by atoms with E-state index in [1.807, 2.05) is 18.2 Å². The number of benzene rings is 1. The normalized spacial score (nSPS) is 16.5. The first kappa shape index (κ1) is 13.8. The quantitative estimate of drug-likeness (QED) is 0.800. The van der Waals surface area contributed by atoms with Crippen LogP contribution in [0.2, 0.25) is 0 Å². The number of anilines is 1. The van der Waals surface area contributed by atoms with E-state index in [0.717, 1.165) is 21.5 Å². The summed E-state index contributed by atoms with van der Waals surface area (Å²) in [4.78, 5) is 19.5. The molecule has 0 saturated carbocycles. The zero-order chi connectivity index (χ0) is 15.1. The second-order valence-electron chi connectivity index (χ2n) is 4.89. The van der Waals surface area contributed by atoms with Gasteiger partial charge in [-0.1, -0.05) is 22.0 Å². The van der Waals surface area contributed by atoms with Gasteiger partial charge in [0.25, 0.3) is 12.2 Å². The summed E-state index contributed by atoms with van der Waals surface area (Å²) in [6.07, 6.45) is 4.96. The van der Waals surface area contributed by atoms with E-state index in [1.165, 1.54) is 29.4 Å². The summed E-state index contributed by atoms with van der Waals surface area (Å²) < 4.78 is 11.6. The summed E-state index contributed by atoms with van der Waals surface area (Å²) in [7, 11) is 0. The molecule has 0 unspecified atom stereocenters. The van der Waals surface area contributed by atoms with Crippen LogP contribution in [-0.4, -0.2) is 17.4 Å². The monoisotopic (exact) mass is 378 g/mol. The van der Waals surface area contributed by atoms with Gasteiger partial charge in [-0.15, -0.1) is 11.3 Å². The fraction of sp³-hybridized carbons (Fsp3) is 0.200. The maximum absolute atomic E-state index is 12.7. The van der Waals surface area contributed by atoms with Crippen LogP contribution in [0.3, 0.4) is 0 Å². The highest BCUT2D eigenvalue weighted by atomic mass is 79.9. The lowest BCUT2D eigenvalue weighted by Crippen LogP contribution is -2.28. The van der Waals surface area contributed by atoms with Gasteiger partial charge in [-0.3, -0.25) is 4.79 Å². The highest BCUT2D eigenvalue weighted by Crippen LogP contribution is 2.35. The molecule has 0 aliphatic carbocycles. The van der Waals surface area contributed by atoms with Crippen molar-refractivity contribution in [2.75, 3.05) is 11.4 Å². The van der Waals surface area contributed by atoms with Gasteiger partial charge >= 0.3 is 0 Å². The van der Waals surface area contributed by atoms with Crippen LogP contribution in [0, 0.1) is 0 Å². The summed E-state index contributed by atoms with van der Waals surface area (Å²) in [6, 6.07) is 5.90. The van der Waals surface area contributed by atoms with Gasteiger partial charge in [0.1, 0.15) is 17.4 Å². The first-order valence-electron chi connectivity index (χ1n) is 6.75. The van der Waals surface area contributed by atoms with Crippen LogP contribution < -0.4 is 4.90 Å². The third-order valence-corrected chi connectivity index (χ3v) is 5.36. The number of carbonyl (C=O) groups is 1. The smallest absolute Gasteiger partial charge is 0.287 e. The largest absolute Gasteiger partial charge is 0.454 e. The van der Waals surface area contributed by atoms with Crippen molar-refractivity contribution in [2.24, 2.45) is 0 Å². The molecular weight excluding hydrogens is 368 g/mol. The van der Waals surface area contributed by atoms with E-state index >= 15 is 0 Å². The molecule has 0 spiro atoms. The minimum atomic E-state index is -0.487. The molecule has 3 heterocycles. The third kappa shape index (κ3) is 2.21. The van der Waals surface area contributed by atoms with Gasteiger partial charge in [-0.25, -0.2) is 4.98 Å². The molecule has 112 valence electrons. The van der Waals surface area contributed by atoms with Gasteiger partial charge in [-0.05, 0) is 24.1 Å². The highest BCUT2D eigenvalue weighted by Gasteiger charge is 2.29. The molecule has 4 rings (SSSR count). The van der Waals surface area contributed by atoms with E-state index < -0.39 is 6.29 Å². The highest BCUT2D eigenvalue weighted by molar-refractivity contribution is 9.10. The average molecular weight is 379 g/mol. The van der Waals surface area contributed by atoms with Crippen LogP contribution in [0.5, 0.6) is 0 Å². The summed E-state index contributed by atoms with van der Waals surface area (Å²) >= 11 is 4.84. The molecule has 22 heavy (non-hydrogen) atoms. The predicted molar refractivity (Wildman–Crippen MR) is 85.7 cm³/mol. The molecule has 1 aromatic carbocycles. The fourth-order valence-electron chi connectivity index (χ4n) is 2.59. The number of hydrogen-bond acceptors (Lipinski definition) is 5. The number of fused-ring (bicyclic) bond motifs is 1. The van der Waals surface area contributed by atoms with Gasteiger partial charge in [0.05, 0.1) is 0 Å². The molecule has 0 bridgehead atoms. The lowest BCUT2D eigenvalue weighted by atomic mass is 10.2. The minimum absolute atomic E-state index is 0.0842. The summed E-state index contributed by atoms with van der Waals surface area (Å²) in [5, 5.41) is 0.446. The van der Waals surface area contributed by atoms with Crippen molar-refractivity contribution < 1.29 is 14.3 Å². The molecule has 0 fully saturated rings. The molecule has 0 saturated heterocycles. The van der Waals surface area contributed by atoms with Gasteiger partial charge in [0.15, 0.2) is 5.01 Å². The van der Waals surface area contributed by atoms with Gasteiger partial charge in [0.2, 0.25) is 0 Å². The Morgan fingerprint density at radius 3 is 3.00 bits per heavy atom. The number of rotatable bonds is 2. The maximum atomic E-state index is 12.7. The minimum Gasteiger partial charge on any atom is -0.454 e. The van der Waals surface area contributed by atoms with Gasteiger partial charge < -0.3 is 14.4 Å². The molecule has 2 aromatic rings. The number of thiazole rings is 1. The Bertz CT molecular complexity index is 766. The summed E-state index contributed by atoms with van der Waals surface area (Å²) in [5.41, 5.74) is 2.12. The number of nitrogens with zero attached hydrogens (tertiary/aromatic N) is 2. The topological polar surface area (TPSA) is 51.7 Å². The Morgan fingerprint density at radius 1 is 1.36 bits per heavy atom. The predicted octanol–water partition coefficient (Wildman–Crippen LogP) is 3.63. The second-order valence-corrected chi connectivity index (χ2v) is 6.80. The van der Waals surface area contributed by atoms with Crippen molar-refractivity contribution in [1.29, 1.82) is 0 Å². The third-order valence-electron chi connectivity index (χ3n) is 3.61. The van der Waals surface area contributed by atoms with Crippen molar-refractivity contribution in [3.63, 3.8) is 0 Å². The summed E-state index contributed by atoms with van der Waals surface area (Å²) in [5.74, 6) is -0.0842. The van der Waals surface area contributed by atoms with Crippen molar-refractivity contribution >= 4 is 38.9 Å². The van der Waals surface area contributed by atoms with Crippen LogP contribution in [0.25, 0.3) is 0 Å². The lowest BCUT2D eigenvalue weighted by Gasteiger charge is -2.15. The van der Waals surface area contributed by atoms with E-state index in [0.29, 0.717) is 11.6 Å². The lowest BCUT2D eigenvalue weighted by molar-refractivity contribution is -0.0218. The molecule has 0 radical (unpaired) electrons. The van der Waals surface area contributed by atoms with Crippen molar-refractivity contribution in [2.45, 2.75) is 12.7 Å². The second kappa shape index (κ2) is 5.40. The van der Waals surface area contributed by atoms with Crippen molar-refractivity contribution in [1.82, 2.24) is 4.98 Å². The van der Waals surface area contributed by atoms with Crippen LogP contribution in [0.15, 0.2) is 41.4 Å². The first-order valence-corrected chi connectivity index (χ1v) is 8.36. The van der Waals surface area contributed by atoms with Crippen LogP contribution in [0.1, 0.15) is 26.5 Å². The fourth-order valence-corrected chi connectivity index (χ4v) is 3.98. The molecule has 2 aliphatic heterocycles. The Hall–Kier alpha value is -1.86. The van der Waals surface area contributed by atoms with Crippen LogP contribution in [-0.2, 0) is 15.9 Å². The molecule has 7 heteroatoms. The summed E-state index contributed by atoms with van der Waals surface area (Å²) in [6.45, 7) is 0.670. The number of amides is 1. The van der Waals surface area contributed by atoms with Gasteiger partial charge in [0, 0.05) is 22.9 Å².